The van der Waals surface area contributed by atoms with Crippen LogP contribution in [0.2, 0.25) is 0 Å². The van der Waals surface area contributed by atoms with Gasteiger partial charge in [0.05, 0.1) is 0 Å². The lowest BCUT2D eigenvalue weighted by molar-refractivity contribution is -0.122. The molecule has 1 N–H and O–H groups in total. The molecule has 4 rings (SSSR count). The van der Waals surface area contributed by atoms with Crippen LogP contribution in [0.4, 0.5) is 5.69 Å². The molecular formula is C23H23NO2. The Morgan fingerprint density at radius 3 is 2.62 bits per heavy atom. The average molecular weight is 345 g/mol. The number of carbonyl (C=O) groups excluding carboxylic acids is 1. The highest BCUT2D eigenvalue weighted by molar-refractivity contribution is 6.06. The number of carbonyl (C=O) groups is 1. The molecule has 0 spiro atoms. The lowest BCUT2D eigenvalue weighted by atomic mass is 10.0. The van der Waals surface area contributed by atoms with Crippen LogP contribution in [0.25, 0.3) is 10.8 Å². The summed E-state index contributed by atoms with van der Waals surface area (Å²) in [6, 6.07) is 18.3. The predicted octanol–water partition coefficient (Wildman–Crippen LogP) is 4.91. The third-order valence-corrected chi connectivity index (χ3v) is 5.16. The maximum atomic E-state index is 12.7. The standard InChI is InChI=1S/C23H23NO2/c1-3-16-7-4-5-10-21(16)26-15(2)23(25)24-20-14-13-18-12-11-17-8-6-9-19(20)22(17)18/h4-10,13-15H,3,11-12H2,1-2H3,(H,24,25)/t15-/m0/s1. The van der Waals surface area contributed by atoms with E-state index in [4.69, 9.17) is 4.74 Å². The summed E-state index contributed by atoms with van der Waals surface area (Å²) in [6.45, 7) is 3.88. The second-order valence-corrected chi connectivity index (χ2v) is 6.82. The van der Waals surface area contributed by atoms with E-state index < -0.39 is 6.10 Å². The van der Waals surface area contributed by atoms with E-state index in [-0.39, 0.29) is 5.91 Å². The molecule has 132 valence electrons. The predicted molar refractivity (Wildman–Crippen MR) is 106 cm³/mol. The van der Waals surface area contributed by atoms with Gasteiger partial charge in [-0.3, -0.25) is 4.79 Å². The van der Waals surface area contributed by atoms with Crippen molar-refractivity contribution in [1.29, 1.82) is 0 Å². The van der Waals surface area contributed by atoms with E-state index in [2.05, 4.69) is 36.5 Å². The topological polar surface area (TPSA) is 38.3 Å². The molecule has 0 bridgehead atoms. The van der Waals surface area contributed by atoms with Gasteiger partial charge in [0, 0.05) is 11.1 Å². The summed E-state index contributed by atoms with van der Waals surface area (Å²) in [6.07, 6.45) is 2.47. The van der Waals surface area contributed by atoms with Crippen LogP contribution in [-0.4, -0.2) is 12.0 Å². The molecule has 1 amide bonds. The summed E-state index contributed by atoms with van der Waals surface area (Å²) in [5, 5.41) is 5.48. The molecule has 0 aromatic heterocycles. The molecule has 26 heavy (non-hydrogen) atoms. The van der Waals surface area contributed by atoms with Crippen LogP contribution in [0, 0.1) is 0 Å². The lowest BCUT2D eigenvalue weighted by Gasteiger charge is -2.18. The molecule has 0 saturated heterocycles. The van der Waals surface area contributed by atoms with Crippen molar-refractivity contribution in [2.45, 2.75) is 39.2 Å². The van der Waals surface area contributed by atoms with Crippen LogP contribution < -0.4 is 10.1 Å². The zero-order valence-electron chi connectivity index (χ0n) is 15.2. The Labute approximate surface area is 154 Å². The molecule has 0 saturated carbocycles. The fourth-order valence-corrected chi connectivity index (χ4v) is 3.75. The Morgan fingerprint density at radius 1 is 1.04 bits per heavy atom. The van der Waals surface area contributed by atoms with E-state index in [9.17, 15) is 4.79 Å². The molecule has 1 aliphatic carbocycles. The first-order valence-electron chi connectivity index (χ1n) is 9.26. The molecule has 1 aliphatic rings. The van der Waals surface area contributed by atoms with E-state index in [1.165, 1.54) is 16.5 Å². The minimum absolute atomic E-state index is 0.130. The third kappa shape index (κ3) is 2.94. The van der Waals surface area contributed by atoms with Gasteiger partial charge in [0.15, 0.2) is 6.10 Å². The van der Waals surface area contributed by atoms with Crippen molar-refractivity contribution in [2.75, 3.05) is 5.32 Å². The summed E-state index contributed by atoms with van der Waals surface area (Å²) in [5.41, 5.74) is 4.71. The zero-order chi connectivity index (χ0) is 18.1. The second kappa shape index (κ2) is 6.83. The first kappa shape index (κ1) is 16.6. The van der Waals surface area contributed by atoms with Gasteiger partial charge < -0.3 is 10.1 Å². The number of hydrogen-bond donors (Lipinski definition) is 1. The molecule has 3 aromatic carbocycles. The SMILES string of the molecule is CCc1ccccc1O[C@@H](C)C(=O)Nc1ccc2c3c(cccc13)CC2. The van der Waals surface area contributed by atoms with Gasteiger partial charge in [-0.1, -0.05) is 49.4 Å². The van der Waals surface area contributed by atoms with Gasteiger partial charge >= 0.3 is 0 Å². The number of benzene rings is 3. The summed E-state index contributed by atoms with van der Waals surface area (Å²) >= 11 is 0. The summed E-state index contributed by atoms with van der Waals surface area (Å²) in [7, 11) is 0. The minimum Gasteiger partial charge on any atom is -0.481 e. The molecule has 0 unspecified atom stereocenters. The Balaban J connectivity index is 1.56. The third-order valence-electron chi connectivity index (χ3n) is 5.16. The van der Waals surface area contributed by atoms with Crippen molar-refractivity contribution >= 4 is 22.4 Å². The van der Waals surface area contributed by atoms with Crippen molar-refractivity contribution in [3.8, 4) is 5.75 Å². The molecule has 0 radical (unpaired) electrons. The van der Waals surface area contributed by atoms with Crippen molar-refractivity contribution in [3.63, 3.8) is 0 Å². The number of aryl methyl sites for hydroxylation is 3. The highest BCUT2D eigenvalue weighted by Gasteiger charge is 2.20. The number of hydrogen-bond acceptors (Lipinski definition) is 2. The van der Waals surface area contributed by atoms with Crippen LogP contribution >= 0.6 is 0 Å². The molecule has 0 heterocycles. The minimum atomic E-state index is -0.564. The fraction of sp³-hybridized carbons (Fsp3) is 0.261. The fourth-order valence-electron chi connectivity index (χ4n) is 3.75. The van der Waals surface area contributed by atoms with Crippen molar-refractivity contribution in [2.24, 2.45) is 0 Å². The molecule has 3 aromatic rings. The normalized spacial score (nSPS) is 13.6. The van der Waals surface area contributed by atoms with Crippen LogP contribution in [0.5, 0.6) is 5.75 Å². The van der Waals surface area contributed by atoms with Gasteiger partial charge in [-0.15, -0.1) is 0 Å². The van der Waals surface area contributed by atoms with E-state index in [1.807, 2.05) is 30.3 Å². The van der Waals surface area contributed by atoms with Crippen LogP contribution in [-0.2, 0) is 24.1 Å². The highest BCUT2D eigenvalue weighted by Crippen LogP contribution is 2.35. The largest absolute Gasteiger partial charge is 0.481 e. The van der Waals surface area contributed by atoms with Crippen LogP contribution in [0.1, 0.15) is 30.5 Å². The van der Waals surface area contributed by atoms with Gasteiger partial charge in [0.25, 0.3) is 5.91 Å². The van der Waals surface area contributed by atoms with E-state index >= 15 is 0 Å². The average Bonchev–Trinajstić information content (AvgIpc) is 3.09. The Hall–Kier alpha value is -2.81. The number of anilines is 1. The molecular weight excluding hydrogens is 322 g/mol. The van der Waals surface area contributed by atoms with E-state index in [0.29, 0.717) is 0 Å². The van der Waals surface area contributed by atoms with Crippen LogP contribution in [0.15, 0.2) is 54.6 Å². The van der Waals surface area contributed by atoms with Crippen molar-refractivity contribution in [3.05, 3.63) is 71.3 Å². The number of nitrogens with one attached hydrogen (secondary N) is 1. The summed E-state index contributed by atoms with van der Waals surface area (Å²) < 4.78 is 5.93. The van der Waals surface area contributed by atoms with Crippen molar-refractivity contribution < 1.29 is 9.53 Å². The highest BCUT2D eigenvalue weighted by atomic mass is 16.5. The summed E-state index contributed by atoms with van der Waals surface area (Å²) in [5.74, 6) is 0.646. The Kier molecular flexibility index (Phi) is 4.37. The monoisotopic (exact) mass is 345 g/mol. The van der Waals surface area contributed by atoms with Crippen molar-refractivity contribution in [1.82, 2.24) is 0 Å². The van der Waals surface area contributed by atoms with Gasteiger partial charge in [-0.05, 0) is 60.4 Å². The quantitative estimate of drug-likeness (QED) is 0.714. The number of rotatable bonds is 5. The number of para-hydroxylation sites is 1. The van der Waals surface area contributed by atoms with Gasteiger partial charge in [0.1, 0.15) is 5.75 Å². The number of ether oxygens (including phenoxy) is 1. The molecule has 0 fully saturated rings. The van der Waals surface area contributed by atoms with Gasteiger partial charge in [-0.2, -0.15) is 0 Å². The first-order chi connectivity index (χ1) is 12.7. The summed E-state index contributed by atoms with van der Waals surface area (Å²) in [4.78, 5) is 12.7. The molecule has 1 atom stereocenters. The smallest absolute Gasteiger partial charge is 0.265 e. The zero-order valence-corrected chi connectivity index (χ0v) is 15.2. The maximum Gasteiger partial charge on any atom is 0.265 e. The molecule has 3 nitrogen and oxygen atoms in total. The molecule has 0 aliphatic heterocycles. The Bertz CT molecular complexity index is 967. The maximum absolute atomic E-state index is 12.7. The first-order valence-corrected chi connectivity index (χ1v) is 9.26. The Morgan fingerprint density at radius 2 is 1.81 bits per heavy atom. The lowest BCUT2D eigenvalue weighted by Crippen LogP contribution is -2.30. The number of amides is 1. The van der Waals surface area contributed by atoms with Gasteiger partial charge in [0.2, 0.25) is 0 Å². The van der Waals surface area contributed by atoms with E-state index in [1.54, 1.807) is 6.92 Å². The van der Waals surface area contributed by atoms with Crippen LogP contribution in [0.3, 0.4) is 0 Å². The van der Waals surface area contributed by atoms with Gasteiger partial charge in [-0.25, -0.2) is 0 Å². The van der Waals surface area contributed by atoms with E-state index in [0.717, 1.165) is 41.6 Å². The second-order valence-electron chi connectivity index (χ2n) is 6.82. The molecule has 3 heteroatoms.